The number of unbranched alkanes of at least 4 members (excludes halogenated alkanes) is 45. The molecule has 0 rings (SSSR count). The molecule has 1 atom stereocenters. The summed E-state index contributed by atoms with van der Waals surface area (Å²) >= 11 is 0. The van der Waals surface area contributed by atoms with Gasteiger partial charge in [0.15, 0.2) is 6.10 Å². The van der Waals surface area contributed by atoms with Crippen molar-refractivity contribution in [3.8, 4) is 0 Å². The van der Waals surface area contributed by atoms with Crippen molar-refractivity contribution in [1.29, 1.82) is 0 Å². The summed E-state index contributed by atoms with van der Waals surface area (Å²) in [6.45, 7) is 6.65. The molecule has 0 aliphatic rings. The zero-order chi connectivity index (χ0) is 52.2. The molecule has 6 nitrogen and oxygen atoms in total. The summed E-state index contributed by atoms with van der Waals surface area (Å²) in [5.74, 6) is -0.859. The molecule has 0 radical (unpaired) electrons. The molecule has 0 aliphatic carbocycles. The van der Waals surface area contributed by atoms with Crippen LogP contribution in [0.2, 0.25) is 0 Å². The molecule has 0 aromatic rings. The average Bonchev–Trinajstić information content (AvgIpc) is 3.38. The Morgan fingerprint density at radius 3 is 0.806 bits per heavy atom. The van der Waals surface area contributed by atoms with Gasteiger partial charge >= 0.3 is 17.9 Å². The third-order valence-corrected chi connectivity index (χ3v) is 14.7. The predicted molar refractivity (Wildman–Crippen MR) is 312 cm³/mol. The van der Waals surface area contributed by atoms with Gasteiger partial charge in [0.2, 0.25) is 0 Å². The summed E-state index contributed by atoms with van der Waals surface area (Å²) in [5.41, 5.74) is 0. The highest BCUT2D eigenvalue weighted by Gasteiger charge is 2.19. The average molecular weight is 1010 g/mol. The smallest absolute Gasteiger partial charge is 0.306 e. The SMILES string of the molecule is CCCC/C=C\C/C=C\CCCCCCCC(=O)OC(COC(=O)CCCCCCCCCCCCCCCC)COC(=O)CCCCCCCCCCCCCCCCCCCCCCCCCCCC. The molecule has 0 heterocycles. The standard InChI is InChI=1S/C66H124O6/c1-4-7-10-13-16-19-22-25-28-29-30-31-32-33-34-35-36-37-38-39-42-44-47-50-53-56-59-65(68)71-62-63(72-66(69)60-57-54-51-48-45-41-27-24-21-18-15-12-9-6-3)61-70-64(67)58-55-52-49-46-43-40-26-23-20-17-14-11-8-5-2/h15,18,24,27,63H,4-14,16-17,19-23,25-26,28-62H2,1-3H3/b18-15-,27-24-. The van der Waals surface area contributed by atoms with Gasteiger partial charge in [0, 0.05) is 19.3 Å². The Balaban J connectivity index is 4.19. The van der Waals surface area contributed by atoms with Crippen molar-refractivity contribution in [3.63, 3.8) is 0 Å². The zero-order valence-corrected chi connectivity index (χ0v) is 48.7. The van der Waals surface area contributed by atoms with Crippen LogP contribution in [0.3, 0.4) is 0 Å². The second-order valence-corrected chi connectivity index (χ2v) is 22.0. The van der Waals surface area contributed by atoms with Crippen molar-refractivity contribution in [2.24, 2.45) is 0 Å². The monoisotopic (exact) mass is 1010 g/mol. The fraction of sp³-hybridized carbons (Fsp3) is 0.894. The lowest BCUT2D eigenvalue weighted by atomic mass is 10.0. The lowest BCUT2D eigenvalue weighted by Gasteiger charge is -2.18. The molecule has 0 bridgehead atoms. The Labute approximate surface area is 449 Å². The van der Waals surface area contributed by atoms with Crippen molar-refractivity contribution in [2.45, 2.75) is 367 Å². The van der Waals surface area contributed by atoms with Crippen LogP contribution in [0.5, 0.6) is 0 Å². The minimum atomic E-state index is -0.774. The molecule has 0 N–H and O–H groups in total. The Kier molecular flexibility index (Phi) is 59.6. The second-order valence-electron chi connectivity index (χ2n) is 22.0. The molecule has 0 fully saturated rings. The van der Waals surface area contributed by atoms with Crippen LogP contribution in [0.25, 0.3) is 0 Å². The molecule has 0 saturated carbocycles. The van der Waals surface area contributed by atoms with Gasteiger partial charge in [-0.3, -0.25) is 14.4 Å². The molecule has 0 spiro atoms. The van der Waals surface area contributed by atoms with E-state index in [1.807, 2.05) is 0 Å². The maximum atomic E-state index is 12.9. The molecule has 0 amide bonds. The highest BCUT2D eigenvalue weighted by molar-refractivity contribution is 5.71. The number of allylic oxidation sites excluding steroid dienone is 4. The molecule has 0 aliphatic heterocycles. The molecular formula is C66H124O6. The van der Waals surface area contributed by atoms with Crippen LogP contribution in [-0.2, 0) is 28.6 Å². The maximum absolute atomic E-state index is 12.9. The van der Waals surface area contributed by atoms with Crippen LogP contribution in [0, 0.1) is 0 Å². The molecule has 0 aromatic heterocycles. The van der Waals surface area contributed by atoms with E-state index in [1.54, 1.807) is 0 Å². The Bertz CT molecular complexity index is 1160. The van der Waals surface area contributed by atoms with Crippen LogP contribution in [0.15, 0.2) is 24.3 Å². The number of carbonyl (C=O) groups excluding carboxylic acids is 3. The second kappa shape index (κ2) is 61.4. The van der Waals surface area contributed by atoms with Gasteiger partial charge in [-0.25, -0.2) is 0 Å². The van der Waals surface area contributed by atoms with Gasteiger partial charge in [0.05, 0.1) is 0 Å². The van der Waals surface area contributed by atoms with Crippen LogP contribution in [0.1, 0.15) is 361 Å². The zero-order valence-electron chi connectivity index (χ0n) is 48.7. The largest absolute Gasteiger partial charge is 0.462 e. The van der Waals surface area contributed by atoms with E-state index >= 15 is 0 Å². The fourth-order valence-corrected chi connectivity index (χ4v) is 9.82. The van der Waals surface area contributed by atoms with Crippen LogP contribution in [-0.4, -0.2) is 37.2 Å². The third kappa shape index (κ3) is 58.8. The minimum Gasteiger partial charge on any atom is -0.462 e. The molecule has 0 saturated heterocycles. The number of esters is 3. The molecule has 72 heavy (non-hydrogen) atoms. The van der Waals surface area contributed by atoms with Gasteiger partial charge in [-0.2, -0.15) is 0 Å². The highest BCUT2D eigenvalue weighted by atomic mass is 16.6. The molecule has 424 valence electrons. The topological polar surface area (TPSA) is 78.9 Å². The van der Waals surface area contributed by atoms with E-state index in [-0.39, 0.29) is 31.1 Å². The minimum absolute atomic E-state index is 0.0712. The van der Waals surface area contributed by atoms with Gasteiger partial charge < -0.3 is 14.2 Å². The van der Waals surface area contributed by atoms with Crippen LogP contribution < -0.4 is 0 Å². The summed E-state index contributed by atoms with van der Waals surface area (Å²) in [5, 5.41) is 0. The summed E-state index contributed by atoms with van der Waals surface area (Å²) in [4.78, 5) is 38.2. The van der Waals surface area contributed by atoms with Gasteiger partial charge in [0.1, 0.15) is 13.2 Å². The van der Waals surface area contributed by atoms with E-state index in [0.29, 0.717) is 19.3 Å². The fourth-order valence-electron chi connectivity index (χ4n) is 9.82. The third-order valence-electron chi connectivity index (χ3n) is 14.7. The van der Waals surface area contributed by atoms with E-state index < -0.39 is 6.10 Å². The van der Waals surface area contributed by atoms with Crippen LogP contribution in [0.4, 0.5) is 0 Å². The van der Waals surface area contributed by atoms with Gasteiger partial charge in [-0.05, 0) is 44.9 Å². The summed E-state index contributed by atoms with van der Waals surface area (Å²) in [6.07, 6.45) is 73.4. The van der Waals surface area contributed by atoms with Crippen molar-refractivity contribution in [2.75, 3.05) is 13.2 Å². The summed E-state index contributed by atoms with van der Waals surface area (Å²) in [7, 11) is 0. The summed E-state index contributed by atoms with van der Waals surface area (Å²) in [6, 6.07) is 0. The molecule has 6 heteroatoms. The van der Waals surface area contributed by atoms with Crippen molar-refractivity contribution in [1.82, 2.24) is 0 Å². The first-order chi connectivity index (χ1) is 35.5. The van der Waals surface area contributed by atoms with Gasteiger partial charge in [-0.15, -0.1) is 0 Å². The number of hydrogen-bond acceptors (Lipinski definition) is 6. The lowest BCUT2D eigenvalue weighted by molar-refractivity contribution is -0.167. The number of carbonyl (C=O) groups is 3. The Morgan fingerprint density at radius 2 is 0.514 bits per heavy atom. The normalized spacial score (nSPS) is 12.1. The van der Waals surface area contributed by atoms with Crippen molar-refractivity contribution < 1.29 is 28.6 Å². The molecular weight excluding hydrogens is 889 g/mol. The van der Waals surface area contributed by atoms with E-state index in [4.69, 9.17) is 14.2 Å². The van der Waals surface area contributed by atoms with Crippen molar-refractivity contribution >= 4 is 17.9 Å². The van der Waals surface area contributed by atoms with Gasteiger partial charge in [0.25, 0.3) is 0 Å². The highest BCUT2D eigenvalue weighted by Crippen LogP contribution is 2.18. The van der Waals surface area contributed by atoms with E-state index in [2.05, 4.69) is 45.1 Å². The lowest BCUT2D eigenvalue weighted by Crippen LogP contribution is -2.30. The van der Waals surface area contributed by atoms with Crippen LogP contribution >= 0.6 is 0 Å². The first-order valence-electron chi connectivity index (χ1n) is 32.3. The maximum Gasteiger partial charge on any atom is 0.306 e. The quantitative estimate of drug-likeness (QED) is 0.0261. The number of hydrogen-bond donors (Lipinski definition) is 0. The Hall–Kier alpha value is -2.11. The summed E-state index contributed by atoms with van der Waals surface area (Å²) < 4.78 is 16.9. The van der Waals surface area contributed by atoms with E-state index in [1.165, 1.54) is 244 Å². The van der Waals surface area contributed by atoms with E-state index in [9.17, 15) is 14.4 Å². The first-order valence-corrected chi connectivity index (χ1v) is 32.3. The predicted octanol–water partition coefficient (Wildman–Crippen LogP) is 21.8. The van der Waals surface area contributed by atoms with Gasteiger partial charge in [-0.1, -0.05) is 321 Å². The first kappa shape index (κ1) is 69.9. The number of ether oxygens (including phenoxy) is 3. The molecule has 1 unspecified atom stereocenters. The van der Waals surface area contributed by atoms with Crippen molar-refractivity contribution in [3.05, 3.63) is 24.3 Å². The van der Waals surface area contributed by atoms with E-state index in [0.717, 1.165) is 77.0 Å². The number of rotatable bonds is 60. The Morgan fingerprint density at radius 1 is 0.278 bits per heavy atom. The molecule has 0 aromatic carbocycles.